The molecule has 0 saturated heterocycles. The van der Waals surface area contributed by atoms with Gasteiger partial charge in [0.05, 0.1) is 11.0 Å². The summed E-state index contributed by atoms with van der Waals surface area (Å²) >= 11 is 1.57. The number of nitro benzene ring substituents is 1. The molecular weight excluding hydrogens is 378 g/mol. The first-order valence-electron chi connectivity index (χ1n) is 8.82. The molecule has 28 heavy (non-hydrogen) atoms. The number of nitrogens with zero attached hydrogens (tertiary/aromatic N) is 1. The second-order valence-corrected chi connectivity index (χ2v) is 7.24. The van der Waals surface area contributed by atoms with Crippen LogP contribution in [0.4, 0.5) is 5.69 Å². The van der Waals surface area contributed by atoms with Crippen molar-refractivity contribution in [2.24, 2.45) is 0 Å². The number of nitrogens with one attached hydrogen (secondary N) is 2. The van der Waals surface area contributed by atoms with Gasteiger partial charge in [0.2, 0.25) is 5.91 Å². The molecule has 148 valence electrons. The topological polar surface area (TPSA) is 101 Å². The highest BCUT2D eigenvalue weighted by molar-refractivity contribution is 7.98. The van der Waals surface area contributed by atoms with Gasteiger partial charge in [-0.15, -0.1) is 0 Å². The molecule has 2 aromatic rings. The molecule has 0 bridgehead atoms. The number of benzene rings is 2. The van der Waals surface area contributed by atoms with Crippen LogP contribution >= 0.6 is 11.8 Å². The predicted octanol–water partition coefficient (Wildman–Crippen LogP) is 3.32. The molecular formula is C20H23N3O4S. The molecule has 2 amide bonds. The third kappa shape index (κ3) is 6.09. The maximum absolute atomic E-state index is 12.7. The number of nitro groups is 1. The smallest absolute Gasteiger partial charge is 0.270 e. The number of carbonyl (C=O) groups excluding carboxylic acids is 2. The van der Waals surface area contributed by atoms with E-state index >= 15 is 0 Å². The standard InChI is InChI=1S/C20H23N3O4S/c1-14(15-7-4-3-5-8-15)21-20(25)18(11-12-28-2)22-19(24)16-9-6-10-17(13-16)23(26)27/h3-10,13-14,18H,11-12H2,1-2H3,(H,21,25)(H,22,24). The van der Waals surface area contributed by atoms with Crippen molar-refractivity contribution in [2.45, 2.75) is 25.4 Å². The number of carbonyl (C=O) groups is 2. The van der Waals surface area contributed by atoms with Gasteiger partial charge in [-0.05, 0) is 37.0 Å². The monoisotopic (exact) mass is 401 g/mol. The molecule has 0 aliphatic rings. The Kier molecular flexibility index (Phi) is 8.01. The summed E-state index contributed by atoms with van der Waals surface area (Å²) in [7, 11) is 0. The molecule has 0 spiro atoms. The second-order valence-electron chi connectivity index (χ2n) is 6.26. The summed E-state index contributed by atoms with van der Waals surface area (Å²) in [6.45, 7) is 1.88. The van der Waals surface area contributed by atoms with Gasteiger partial charge in [-0.3, -0.25) is 19.7 Å². The Morgan fingerprint density at radius 1 is 1.11 bits per heavy atom. The Balaban J connectivity index is 2.09. The minimum absolute atomic E-state index is 0.146. The van der Waals surface area contributed by atoms with Crippen LogP contribution in [-0.2, 0) is 4.79 Å². The summed E-state index contributed by atoms with van der Waals surface area (Å²) in [5.74, 6) is -0.117. The van der Waals surface area contributed by atoms with Crippen molar-refractivity contribution in [3.05, 3.63) is 75.8 Å². The first-order valence-corrected chi connectivity index (χ1v) is 10.2. The van der Waals surface area contributed by atoms with Crippen LogP contribution in [0.3, 0.4) is 0 Å². The van der Waals surface area contributed by atoms with E-state index in [0.29, 0.717) is 12.2 Å². The molecule has 0 aliphatic heterocycles. The van der Waals surface area contributed by atoms with E-state index in [1.807, 2.05) is 43.5 Å². The maximum Gasteiger partial charge on any atom is 0.270 e. The van der Waals surface area contributed by atoms with Crippen LogP contribution in [0.5, 0.6) is 0 Å². The van der Waals surface area contributed by atoms with Crippen molar-refractivity contribution in [2.75, 3.05) is 12.0 Å². The lowest BCUT2D eigenvalue weighted by Crippen LogP contribution is -2.47. The van der Waals surface area contributed by atoms with Crippen LogP contribution in [0.25, 0.3) is 0 Å². The molecule has 2 atom stereocenters. The normalized spacial score (nSPS) is 12.6. The van der Waals surface area contributed by atoms with E-state index in [4.69, 9.17) is 0 Å². The van der Waals surface area contributed by atoms with E-state index in [1.54, 1.807) is 11.8 Å². The number of rotatable bonds is 9. The van der Waals surface area contributed by atoms with Crippen molar-refractivity contribution in [1.29, 1.82) is 0 Å². The summed E-state index contributed by atoms with van der Waals surface area (Å²) in [6, 6.07) is 14.0. The fourth-order valence-corrected chi connectivity index (χ4v) is 3.12. The summed E-state index contributed by atoms with van der Waals surface area (Å²) in [6.07, 6.45) is 2.37. The molecule has 2 unspecified atom stereocenters. The molecule has 8 heteroatoms. The van der Waals surface area contributed by atoms with Gasteiger partial charge in [0.1, 0.15) is 6.04 Å². The molecule has 0 fully saturated rings. The van der Waals surface area contributed by atoms with E-state index in [2.05, 4.69) is 10.6 Å². The van der Waals surface area contributed by atoms with Gasteiger partial charge in [0.25, 0.3) is 11.6 Å². The van der Waals surface area contributed by atoms with Gasteiger partial charge < -0.3 is 10.6 Å². The van der Waals surface area contributed by atoms with Crippen LogP contribution in [0.15, 0.2) is 54.6 Å². The van der Waals surface area contributed by atoms with Crippen molar-refractivity contribution in [3.8, 4) is 0 Å². The van der Waals surface area contributed by atoms with Gasteiger partial charge in [-0.1, -0.05) is 36.4 Å². The van der Waals surface area contributed by atoms with Gasteiger partial charge in [0, 0.05) is 17.7 Å². The Bertz CT molecular complexity index is 829. The van der Waals surface area contributed by atoms with Gasteiger partial charge in [-0.25, -0.2) is 0 Å². The molecule has 0 heterocycles. The van der Waals surface area contributed by atoms with Gasteiger partial charge in [0.15, 0.2) is 0 Å². The van der Waals surface area contributed by atoms with Crippen molar-refractivity contribution < 1.29 is 14.5 Å². The number of thioether (sulfide) groups is 1. The molecule has 7 nitrogen and oxygen atoms in total. The summed E-state index contributed by atoms with van der Waals surface area (Å²) < 4.78 is 0. The van der Waals surface area contributed by atoms with Crippen LogP contribution in [0.2, 0.25) is 0 Å². The average Bonchev–Trinajstić information content (AvgIpc) is 2.71. The largest absolute Gasteiger partial charge is 0.348 e. The molecule has 0 saturated carbocycles. The Labute approximate surface area is 168 Å². The quantitative estimate of drug-likeness (QED) is 0.496. The molecule has 2 N–H and O–H groups in total. The van der Waals surface area contributed by atoms with Crippen LogP contribution in [0.1, 0.15) is 35.3 Å². The number of hydrogen-bond donors (Lipinski definition) is 2. The zero-order chi connectivity index (χ0) is 20.5. The molecule has 0 aromatic heterocycles. The SMILES string of the molecule is CSCCC(NC(=O)c1cccc([N+](=O)[O-])c1)C(=O)NC(C)c1ccccc1. The lowest BCUT2D eigenvalue weighted by Gasteiger charge is -2.21. The predicted molar refractivity (Wildman–Crippen MR) is 110 cm³/mol. The number of amides is 2. The van der Waals surface area contributed by atoms with E-state index < -0.39 is 16.9 Å². The highest BCUT2D eigenvalue weighted by Gasteiger charge is 2.23. The van der Waals surface area contributed by atoms with Crippen molar-refractivity contribution in [1.82, 2.24) is 10.6 Å². The fourth-order valence-electron chi connectivity index (χ4n) is 2.65. The molecule has 0 radical (unpaired) electrons. The minimum atomic E-state index is -0.731. The maximum atomic E-state index is 12.7. The number of non-ortho nitro benzene ring substituents is 1. The third-order valence-corrected chi connectivity index (χ3v) is 4.85. The van der Waals surface area contributed by atoms with E-state index in [-0.39, 0.29) is 23.2 Å². The Hall–Kier alpha value is -2.87. The lowest BCUT2D eigenvalue weighted by atomic mass is 10.1. The molecule has 0 aliphatic carbocycles. The summed E-state index contributed by atoms with van der Waals surface area (Å²) in [5.41, 5.74) is 0.937. The lowest BCUT2D eigenvalue weighted by molar-refractivity contribution is -0.384. The fraction of sp³-hybridized carbons (Fsp3) is 0.300. The molecule has 2 aromatic carbocycles. The Morgan fingerprint density at radius 3 is 2.46 bits per heavy atom. The molecule has 2 rings (SSSR count). The highest BCUT2D eigenvalue weighted by atomic mass is 32.2. The highest BCUT2D eigenvalue weighted by Crippen LogP contribution is 2.15. The number of hydrogen-bond acceptors (Lipinski definition) is 5. The average molecular weight is 401 g/mol. The zero-order valence-electron chi connectivity index (χ0n) is 15.8. The first kappa shape index (κ1) is 21.4. The second kappa shape index (κ2) is 10.5. The van der Waals surface area contributed by atoms with Crippen LogP contribution < -0.4 is 10.6 Å². The van der Waals surface area contributed by atoms with E-state index in [1.165, 1.54) is 24.3 Å². The van der Waals surface area contributed by atoms with Crippen LogP contribution in [-0.4, -0.2) is 34.8 Å². The van der Waals surface area contributed by atoms with E-state index in [0.717, 1.165) is 5.56 Å². The third-order valence-electron chi connectivity index (χ3n) is 4.21. The van der Waals surface area contributed by atoms with Gasteiger partial charge in [-0.2, -0.15) is 11.8 Å². The minimum Gasteiger partial charge on any atom is -0.348 e. The summed E-state index contributed by atoms with van der Waals surface area (Å²) in [5, 5.41) is 16.5. The van der Waals surface area contributed by atoms with Crippen molar-refractivity contribution >= 4 is 29.3 Å². The first-order chi connectivity index (χ1) is 13.4. The zero-order valence-corrected chi connectivity index (χ0v) is 16.6. The summed E-state index contributed by atoms with van der Waals surface area (Å²) in [4.78, 5) is 35.6. The van der Waals surface area contributed by atoms with Gasteiger partial charge >= 0.3 is 0 Å². The Morgan fingerprint density at radius 2 is 1.82 bits per heavy atom. The van der Waals surface area contributed by atoms with Crippen molar-refractivity contribution in [3.63, 3.8) is 0 Å². The van der Waals surface area contributed by atoms with Crippen LogP contribution in [0, 0.1) is 10.1 Å². The van der Waals surface area contributed by atoms with E-state index in [9.17, 15) is 19.7 Å².